The van der Waals surface area contributed by atoms with Crippen LogP contribution in [0.3, 0.4) is 0 Å². The molecule has 1 N–H and O–H groups in total. The Morgan fingerprint density at radius 3 is 2.23 bits per heavy atom. The molecule has 1 heterocycles. The highest BCUT2D eigenvalue weighted by molar-refractivity contribution is 9.10. The Bertz CT molecular complexity index is 1050. The normalized spacial score (nSPS) is 17.5. The minimum Gasteiger partial charge on any atom is -0.507 e. The van der Waals surface area contributed by atoms with Gasteiger partial charge in [0.2, 0.25) is 0 Å². The third-order valence-corrected chi connectivity index (χ3v) is 6.88. The molecular weight excluding hydrogens is 511 g/mol. The van der Waals surface area contributed by atoms with Crippen molar-refractivity contribution in [3.05, 3.63) is 75.5 Å². The van der Waals surface area contributed by atoms with Gasteiger partial charge in [0.05, 0.1) is 11.6 Å². The number of ketones is 1. The number of carbonyl (C=O) groups excluding carboxylic acids is 2. The highest BCUT2D eigenvalue weighted by Crippen LogP contribution is 2.39. The van der Waals surface area contributed by atoms with Crippen molar-refractivity contribution in [2.24, 2.45) is 0 Å². The van der Waals surface area contributed by atoms with E-state index in [0.29, 0.717) is 24.1 Å². The van der Waals surface area contributed by atoms with Crippen molar-refractivity contribution < 1.29 is 19.1 Å². The second kappa shape index (κ2) is 13.0. The van der Waals surface area contributed by atoms with Crippen LogP contribution in [0, 0.1) is 5.82 Å². The smallest absolute Gasteiger partial charge is 0.295 e. The molecular formula is C28H34BrFN2O3. The average molecular weight is 545 g/mol. The van der Waals surface area contributed by atoms with Gasteiger partial charge in [-0.15, -0.1) is 0 Å². The largest absolute Gasteiger partial charge is 0.507 e. The van der Waals surface area contributed by atoms with E-state index < -0.39 is 23.5 Å². The Hall–Kier alpha value is -2.51. The van der Waals surface area contributed by atoms with Gasteiger partial charge in [0.1, 0.15) is 11.6 Å². The van der Waals surface area contributed by atoms with Crippen LogP contribution in [0.4, 0.5) is 4.39 Å². The number of halogens is 2. The fourth-order valence-corrected chi connectivity index (χ4v) is 4.72. The molecule has 1 aliphatic heterocycles. The molecule has 188 valence electrons. The fraction of sp³-hybridized carbons (Fsp3) is 0.429. The van der Waals surface area contributed by atoms with E-state index in [4.69, 9.17) is 0 Å². The number of carbonyl (C=O) groups is 2. The van der Waals surface area contributed by atoms with Crippen LogP contribution < -0.4 is 0 Å². The summed E-state index contributed by atoms with van der Waals surface area (Å²) in [5, 5.41) is 11.1. The monoisotopic (exact) mass is 544 g/mol. The number of unbranched alkanes of at least 4 members (excludes halogenated alkanes) is 2. The molecule has 0 bridgehead atoms. The zero-order chi connectivity index (χ0) is 25.4. The Morgan fingerprint density at radius 2 is 1.63 bits per heavy atom. The van der Waals surface area contributed by atoms with Crippen molar-refractivity contribution in [3.8, 4) is 0 Å². The Morgan fingerprint density at radius 1 is 1.00 bits per heavy atom. The topological polar surface area (TPSA) is 60.9 Å². The number of hydrogen-bond donors (Lipinski definition) is 1. The summed E-state index contributed by atoms with van der Waals surface area (Å²) in [7, 11) is 0. The van der Waals surface area contributed by atoms with E-state index in [1.165, 1.54) is 17.0 Å². The first-order valence-corrected chi connectivity index (χ1v) is 13.2. The minimum absolute atomic E-state index is 0.00301. The van der Waals surface area contributed by atoms with Crippen LogP contribution in [-0.2, 0) is 9.59 Å². The molecule has 0 aromatic heterocycles. The quantitative estimate of drug-likeness (QED) is 0.193. The molecule has 35 heavy (non-hydrogen) atoms. The summed E-state index contributed by atoms with van der Waals surface area (Å²) in [6, 6.07) is 11.9. The number of Topliss-reactive ketones (excluding diaryl/α,β-unsaturated/α-hetero) is 1. The first-order chi connectivity index (χ1) is 16.9. The van der Waals surface area contributed by atoms with E-state index in [-0.39, 0.29) is 11.3 Å². The molecule has 7 heteroatoms. The number of nitrogens with zero attached hydrogens (tertiary/aromatic N) is 2. The predicted octanol–water partition coefficient (Wildman–Crippen LogP) is 6.30. The second-order valence-corrected chi connectivity index (χ2v) is 9.87. The standard InChI is InChI=1S/C28H34BrFN2O3/c1-3-5-15-31(16-6-4-2)17-8-18-32-25(21-9-7-10-23(30)19-21)24(27(34)28(32)35)26(33)20-11-13-22(29)14-12-20/h7,9-14,19,25,33H,3-6,8,15-18H2,1-2H3/t25-/m1/s1. The lowest BCUT2D eigenvalue weighted by Crippen LogP contribution is -2.34. The van der Waals surface area contributed by atoms with Crippen LogP contribution in [0.25, 0.3) is 5.76 Å². The summed E-state index contributed by atoms with van der Waals surface area (Å²) in [6.07, 6.45) is 5.15. The van der Waals surface area contributed by atoms with Gasteiger partial charge < -0.3 is 14.9 Å². The van der Waals surface area contributed by atoms with E-state index >= 15 is 0 Å². The molecule has 1 aliphatic rings. The second-order valence-electron chi connectivity index (χ2n) is 8.96. The molecule has 1 fully saturated rings. The molecule has 5 nitrogen and oxygen atoms in total. The predicted molar refractivity (Wildman–Crippen MR) is 140 cm³/mol. The molecule has 2 aromatic carbocycles. The summed E-state index contributed by atoms with van der Waals surface area (Å²) in [5.74, 6) is -2.11. The van der Waals surface area contributed by atoms with E-state index in [9.17, 15) is 19.1 Å². The number of benzene rings is 2. The average Bonchev–Trinajstić information content (AvgIpc) is 3.10. The molecule has 2 aromatic rings. The number of aliphatic hydroxyl groups excluding tert-OH is 1. The van der Waals surface area contributed by atoms with Crippen LogP contribution in [0.1, 0.15) is 63.1 Å². The summed E-state index contributed by atoms with van der Waals surface area (Å²) < 4.78 is 15.0. The van der Waals surface area contributed by atoms with E-state index in [2.05, 4.69) is 34.7 Å². The summed E-state index contributed by atoms with van der Waals surface area (Å²) >= 11 is 3.36. The van der Waals surface area contributed by atoms with Gasteiger partial charge in [-0.05, 0) is 68.7 Å². The lowest BCUT2D eigenvalue weighted by atomic mass is 9.95. The van der Waals surface area contributed by atoms with E-state index in [0.717, 1.165) is 49.8 Å². The zero-order valence-electron chi connectivity index (χ0n) is 20.5. The summed E-state index contributed by atoms with van der Waals surface area (Å²) in [5.41, 5.74) is 0.895. The third-order valence-electron chi connectivity index (χ3n) is 6.35. The maximum Gasteiger partial charge on any atom is 0.295 e. The Balaban J connectivity index is 1.91. The Labute approximate surface area is 215 Å². The van der Waals surface area contributed by atoms with Gasteiger partial charge in [-0.1, -0.05) is 66.9 Å². The number of rotatable bonds is 12. The lowest BCUT2D eigenvalue weighted by molar-refractivity contribution is -0.140. The number of aliphatic hydroxyl groups is 1. The fourth-order valence-electron chi connectivity index (χ4n) is 4.46. The molecule has 3 rings (SSSR count). The molecule has 0 spiro atoms. The SMILES string of the molecule is CCCCN(CCCC)CCCN1C(=O)C(=O)C(=C(O)c2ccc(Br)cc2)[C@H]1c1cccc(F)c1. The van der Waals surface area contributed by atoms with Crippen LogP contribution >= 0.6 is 15.9 Å². The van der Waals surface area contributed by atoms with Crippen LogP contribution in [0.2, 0.25) is 0 Å². The summed E-state index contributed by atoms with van der Waals surface area (Å²) in [6.45, 7) is 7.51. The Kier molecular flexibility index (Phi) is 10.0. The molecule has 1 saturated heterocycles. The van der Waals surface area contributed by atoms with Gasteiger partial charge in [0.15, 0.2) is 0 Å². The highest BCUT2D eigenvalue weighted by atomic mass is 79.9. The van der Waals surface area contributed by atoms with E-state index in [1.807, 2.05) is 0 Å². The molecule has 1 atom stereocenters. The number of hydrogen-bond acceptors (Lipinski definition) is 4. The minimum atomic E-state index is -0.839. The van der Waals surface area contributed by atoms with E-state index in [1.54, 1.807) is 36.4 Å². The molecule has 0 saturated carbocycles. The van der Waals surface area contributed by atoms with Gasteiger partial charge in [-0.2, -0.15) is 0 Å². The highest BCUT2D eigenvalue weighted by Gasteiger charge is 2.45. The van der Waals surface area contributed by atoms with Crippen LogP contribution in [0.5, 0.6) is 0 Å². The van der Waals surface area contributed by atoms with Gasteiger partial charge in [0, 0.05) is 16.6 Å². The number of likely N-dealkylation sites (tertiary alicyclic amines) is 1. The van der Waals surface area contributed by atoms with Gasteiger partial charge in [-0.3, -0.25) is 9.59 Å². The third kappa shape index (κ3) is 6.79. The van der Waals surface area contributed by atoms with Gasteiger partial charge in [-0.25, -0.2) is 4.39 Å². The van der Waals surface area contributed by atoms with Crippen molar-refractivity contribution in [3.63, 3.8) is 0 Å². The van der Waals surface area contributed by atoms with Gasteiger partial charge in [0.25, 0.3) is 11.7 Å². The number of amides is 1. The maximum absolute atomic E-state index is 14.2. The first-order valence-electron chi connectivity index (χ1n) is 12.4. The molecule has 0 aliphatic carbocycles. The van der Waals surface area contributed by atoms with Crippen molar-refractivity contribution in [1.82, 2.24) is 9.80 Å². The molecule has 0 radical (unpaired) electrons. The van der Waals surface area contributed by atoms with Crippen LogP contribution in [-0.4, -0.2) is 52.8 Å². The summed E-state index contributed by atoms with van der Waals surface area (Å²) in [4.78, 5) is 30.1. The maximum atomic E-state index is 14.2. The van der Waals surface area contributed by atoms with Crippen LogP contribution in [0.15, 0.2) is 58.6 Å². The first kappa shape index (κ1) is 27.1. The van der Waals surface area contributed by atoms with Crippen molar-refractivity contribution >= 4 is 33.4 Å². The zero-order valence-corrected chi connectivity index (χ0v) is 22.1. The molecule has 0 unspecified atom stereocenters. The lowest BCUT2D eigenvalue weighted by Gasteiger charge is -2.27. The van der Waals surface area contributed by atoms with Crippen molar-refractivity contribution in [2.75, 3.05) is 26.2 Å². The van der Waals surface area contributed by atoms with Crippen molar-refractivity contribution in [2.45, 2.75) is 52.0 Å². The molecule has 1 amide bonds. The van der Waals surface area contributed by atoms with Crippen molar-refractivity contribution in [1.29, 1.82) is 0 Å². The van der Waals surface area contributed by atoms with Gasteiger partial charge >= 0.3 is 0 Å².